The molecule has 0 heterocycles. The fourth-order valence-electron chi connectivity index (χ4n) is 1.91. The van der Waals surface area contributed by atoms with E-state index < -0.39 is 0 Å². The summed E-state index contributed by atoms with van der Waals surface area (Å²) in [6, 6.07) is 5.09. The maximum Gasteiger partial charge on any atom is 0.146 e. The van der Waals surface area contributed by atoms with Crippen LogP contribution in [0.15, 0.2) is 18.2 Å². The fraction of sp³-hybridized carbons (Fsp3) is 0.538. The van der Waals surface area contributed by atoms with Crippen molar-refractivity contribution in [2.75, 3.05) is 11.9 Å². The second kappa shape index (κ2) is 5.85. The Morgan fingerprint density at radius 2 is 2.12 bits per heavy atom. The van der Waals surface area contributed by atoms with Crippen molar-refractivity contribution < 1.29 is 9.50 Å². The van der Waals surface area contributed by atoms with Gasteiger partial charge in [-0.05, 0) is 19.4 Å². The van der Waals surface area contributed by atoms with Gasteiger partial charge in [0.25, 0.3) is 0 Å². The maximum atomic E-state index is 13.7. The third-order valence-electron chi connectivity index (χ3n) is 2.96. The van der Waals surface area contributed by atoms with E-state index in [1.807, 2.05) is 11.9 Å². The lowest BCUT2D eigenvalue weighted by Crippen LogP contribution is -2.30. The van der Waals surface area contributed by atoms with E-state index in [9.17, 15) is 9.50 Å². The van der Waals surface area contributed by atoms with Gasteiger partial charge in [0, 0.05) is 18.7 Å². The SMILES string of the molecule is CCCC(C)N(C)c1c(F)cccc1CO. The van der Waals surface area contributed by atoms with Gasteiger partial charge < -0.3 is 10.0 Å². The first-order valence-electron chi connectivity index (χ1n) is 5.72. The Hall–Kier alpha value is -1.09. The standard InChI is InChI=1S/C13H20FNO/c1-4-6-10(2)15(3)13-11(9-16)7-5-8-12(13)14/h5,7-8,10,16H,4,6,9H2,1-3H3. The number of benzene rings is 1. The third kappa shape index (κ3) is 2.73. The van der Waals surface area contributed by atoms with Crippen LogP contribution in [0.3, 0.4) is 0 Å². The van der Waals surface area contributed by atoms with Gasteiger partial charge in [0.15, 0.2) is 0 Å². The lowest BCUT2D eigenvalue weighted by atomic mass is 10.1. The topological polar surface area (TPSA) is 23.5 Å². The smallest absolute Gasteiger partial charge is 0.146 e. The van der Waals surface area contributed by atoms with Crippen molar-refractivity contribution in [2.45, 2.75) is 39.3 Å². The maximum absolute atomic E-state index is 13.7. The number of hydrogen-bond donors (Lipinski definition) is 1. The molecule has 0 saturated heterocycles. The van der Waals surface area contributed by atoms with Crippen LogP contribution in [0.5, 0.6) is 0 Å². The molecule has 0 aliphatic rings. The van der Waals surface area contributed by atoms with Crippen LogP contribution in [-0.4, -0.2) is 18.2 Å². The zero-order chi connectivity index (χ0) is 12.1. The van der Waals surface area contributed by atoms with Gasteiger partial charge in [0.2, 0.25) is 0 Å². The normalized spacial score (nSPS) is 12.6. The van der Waals surface area contributed by atoms with Gasteiger partial charge in [-0.2, -0.15) is 0 Å². The summed E-state index contributed by atoms with van der Waals surface area (Å²) >= 11 is 0. The van der Waals surface area contributed by atoms with Crippen molar-refractivity contribution in [1.29, 1.82) is 0 Å². The van der Waals surface area contributed by atoms with Crippen LogP contribution in [0.25, 0.3) is 0 Å². The van der Waals surface area contributed by atoms with Crippen molar-refractivity contribution in [2.24, 2.45) is 0 Å². The largest absolute Gasteiger partial charge is 0.392 e. The Balaban J connectivity index is 3.01. The molecule has 16 heavy (non-hydrogen) atoms. The van der Waals surface area contributed by atoms with E-state index in [0.717, 1.165) is 12.8 Å². The molecular formula is C13H20FNO. The first-order valence-corrected chi connectivity index (χ1v) is 5.72. The predicted molar refractivity (Wildman–Crippen MR) is 65.1 cm³/mol. The molecule has 1 aromatic carbocycles. The molecule has 0 radical (unpaired) electrons. The number of aliphatic hydroxyl groups is 1. The third-order valence-corrected chi connectivity index (χ3v) is 2.96. The van der Waals surface area contributed by atoms with Crippen molar-refractivity contribution in [3.63, 3.8) is 0 Å². The summed E-state index contributed by atoms with van der Waals surface area (Å²) in [6.07, 6.45) is 2.07. The van der Waals surface area contributed by atoms with Gasteiger partial charge in [0.1, 0.15) is 5.82 Å². The highest BCUT2D eigenvalue weighted by molar-refractivity contribution is 5.54. The predicted octanol–water partition coefficient (Wildman–Crippen LogP) is 2.94. The highest BCUT2D eigenvalue weighted by atomic mass is 19.1. The van der Waals surface area contributed by atoms with Crippen LogP contribution in [-0.2, 0) is 6.61 Å². The van der Waals surface area contributed by atoms with Crippen molar-refractivity contribution >= 4 is 5.69 Å². The van der Waals surface area contributed by atoms with E-state index in [1.165, 1.54) is 6.07 Å². The lowest BCUT2D eigenvalue weighted by molar-refractivity contribution is 0.281. The first-order chi connectivity index (χ1) is 7.61. The van der Waals surface area contributed by atoms with Crippen LogP contribution in [0.4, 0.5) is 10.1 Å². The van der Waals surface area contributed by atoms with Crippen LogP contribution in [0, 0.1) is 5.82 Å². The molecule has 0 spiro atoms. The highest BCUT2D eigenvalue weighted by Crippen LogP contribution is 2.26. The van der Waals surface area contributed by atoms with E-state index >= 15 is 0 Å². The lowest BCUT2D eigenvalue weighted by Gasteiger charge is -2.28. The van der Waals surface area contributed by atoms with Gasteiger partial charge in [-0.15, -0.1) is 0 Å². The highest BCUT2D eigenvalue weighted by Gasteiger charge is 2.16. The second-order valence-electron chi connectivity index (χ2n) is 4.15. The average molecular weight is 225 g/mol. The van der Waals surface area contributed by atoms with E-state index in [2.05, 4.69) is 13.8 Å². The van der Waals surface area contributed by atoms with Gasteiger partial charge in [-0.1, -0.05) is 25.5 Å². The van der Waals surface area contributed by atoms with Gasteiger partial charge in [-0.25, -0.2) is 4.39 Å². The monoisotopic (exact) mass is 225 g/mol. The molecular weight excluding hydrogens is 205 g/mol. The molecule has 0 bridgehead atoms. The van der Waals surface area contributed by atoms with E-state index in [1.54, 1.807) is 12.1 Å². The summed E-state index contributed by atoms with van der Waals surface area (Å²) in [7, 11) is 1.87. The molecule has 0 amide bonds. The van der Waals surface area contributed by atoms with Crippen LogP contribution in [0.2, 0.25) is 0 Å². The number of anilines is 1. The Morgan fingerprint density at radius 1 is 1.44 bits per heavy atom. The number of aliphatic hydroxyl groups excluding tert-OH is 1. The molecule has 1 atom stereocenters. The quantitative estimate of drug-likeness (QED) is 0.832. The van der Waals surface area contributed by atoms with Gasteiger partial charge >= 0.3 is 0 Å². The number of para-hydroxylation sites is 1. The van der Waals surface area contributed by atoms with Crippen LogP contribution >= 0.6 is 0 Å². The summed E-state index contributed by atoms with van der Waals surface area (Å²) in [4.78, 5) is 1.91. The Bertz CT molecular complexity index is 341. The molecule has 0 saturated carbocycles. The van der Waals surface area contributed by atoms with Crippen LogP contribution in [0.1, 0.15) is 32.3 Å². The van der Waals surface area contributed by atoms with E-state index in [-0.39, 0.29) is 18.5 Å². The number of rotatable bonds is 5. The Morgan fingerprint density at radius 3 is 2.69 bits per heavy atom. The molecule has 1 N–H and O–H groups in total. The van der Waals surface area contributed by atoms with Crippen LogP contribution < -0.4 is 4.90 Å². The van der Waals surface area contributed by atoms with Crippen molar-refractivity contribution in [3.8, 4) is 0 Å². The second-order valence-corrected chi connectivity index (χ2v) is 4.15. The Kier molecular flexibility index (Phi) is 4.74. The summed E-state index contributed by atoms with van der Waals surface area (Å²) in [5.41, 5.74) is 1.16. The molecule has 3 heteroatoms. The molecule has 1 rings (SSSR count). The van der Waals surface area contributed by atoms with E-state index in [4.69, 9.17) is 0 Å². The molecule has 90 valence electrons. The molecule has 0 aliphatic carbocycles. The van der Waals surface area contributed by atoms with Gasteiger partial charge in [0.05, 0.1) is 12.3 Å². The summed E-state index contributed by atoms with van der Waals surface area (Å²) in [5.74, 6) is -0.267. The average Bonchev–Trinajstić information content (AvgIpc) is 2.28. The minimum absolute atomic E-state index is 0.129. The number of nitrogens with zero attached hydrogens (tertiary/aromatic N) is 1. The summed E-state index contributed by atoms with van der Waals surface area (Å²) < 4.78 is 13.7. The molecule has 0 aromatic heterocycles. The minimum Gasteiger partial charge on any atom is -0.392 e. The van der Waals surface area contributed by atoms with Crippen molar-refractivity contribution in [3.05, 3.63) is 29.6 Å². The van der Waals surface area contributed by atoms with E-state index in [0.29, 0.717) is 11.3 Å². The molecule has 2 nitrogen and oxygen atoms in total. The summed E-state index contributed by atoms with van der Waals surface area (Å²) in [6.45, 7) is 4.05. The summed E-state index contributed by atoms with van der Waals surface area (Å²) in [5, 5.41) is 9.21. The molecule has 1 unspecified atom stereocenters. The van der Waals surface area contributed by atoms with Crippen molar-refractivity contribution in [1.82, 2.24) is 0 Å². The minimum atomic E-state index is -0.267. The number of hydrogen-bond acceptors (Lipinski definition) is 2. The van der Waals surface area contributed by atoms with Gasteiger partial charge in [-0.3, -0.25) is 0 Å². The Labute approximate surface area is 96.7 Å². The fourth-order valence-corrected chi connectivity index (χ4v) is 1.91. The molecule has 0 fully saturated rings. The number of halogens is 1. The molecule has 1 aromatic rings. The zero-order valence-corrected chi connectivity index (χ0v) is 10.2. The molecule has 0 aliphatic heterocycles. The first kappa shape index (κ1) is 13.0. The zero-order valence-electron chi connectivity index (χ0n) is 10.2.